The number of carbonyl (C=O) groups is 3. The maximum absolute atomic E-state index is 13.7. The third kappa shape index (κ3) is 3.32. The van der Waals surface area contributed by atoms with Crippen LogP contribution in [-0.4, -0.2) is 70.3 Å². The van der Waals surface area contributed by atoms with Crippen molar-refractivity contribution in [2.75, 3.05) is 13.2 Å². The first-order valence-corrected chi connectivity index (χ1v) is 11.3. The van der Waals surface area contributed by atoms with E-state index in [0.29, 0.717) is 19.3 Å². The minimum Gasteiger partial charge on any atom is -0.466 e. The molecule has 8 nitrogen and oxygen atoms in total. The number of amides is 2. The quantitative estimate of drug-likeness (QED) is 0.542. The van der Waals surface area contributed by atoms with Crippen molar-refractivity contribution in [2.24, 2.45) is 11.8 Å². The van der Waals surface area contributed by atoms with Crippen LogP contribution in [0.1, 0.15) is 66.7 Å². The molecule has 3 heterocycles. The average molecular weight is 425 g/mol. The maximum Gasteiger partial charge on any atom is 0.312 e. The Bertz CT molecular complexity index is 695. The van der Waals surface area contributed by atoms with Gasteiger partial charge in [0.15, 0.2) is 0 Å². The number of carbonyl (C=O) groups excluding carboxylic acids is 3. The molecule has 3 aliphatic rings. The van der Waals surface area contributed by atoms with Gasteiger partial charge in [0, 0.05) is 6.04 Å². The molecule has 0 radical (unpaired) electrons. The van der Waals surface area contributed by atoms with Gasteiger partial charge in [-0.1, -0.05) is 20.3 Å². The fraction of sp³-hybridized carbons (Fsp3) is 0.864. The van der Waals surface area contributed by atoms with Gasteiger partial charge < -0.3 is 24.8 Å². The maximum atomic E-state index is 13.7. The van der Waals surface area contributed by atoms with Gasteiger partial charge in [-0.3, -0.25) is 14.4 Å². The second kappa shape index (κ2) is 8.46. The van der Waals surface area contributed by atoms with Crippen LogP contribution in [-0.2, 0) is 23.9 Å². The summed E-state index contributed by atoms with van der Waals surface area (Å²) in [4.78, 5) is 41.5. The van der Waals surface area contributed by atoms with Gasteiger partial charge in [-0.25, -0.2) is 0 Å². The summed E-state index contributed by atoms with van der Waals surface area (Å²) < 4.78 is 11.8. The van der Waals surface area contributed by atoms with Crippen LogP contribution < -0.4 is 5.32 Å². The van der Waals surface area contributed by atoms with Crippen LogP contribution in [0.15, 0.2) is 0 Å². The molecule has 2 bridgehead atoms. The van der Waals surface area contributed by atoms with Gasteiger partial charge in [0.25, 0.3) is 0 Å². The molecular formula is C22H36N2O6. The number of likely N-dealkylation sites (tertiary alicyclic amines) is 1. The van der Waals surface area contributed by atoms with Crippen LogP contribution in [0.5, 0.6) is 0 Å². The van der Waals surface area contributed by atoms with Crippen molar-refractivity contribution in [1.29, 1.82) is 0 Å². The summed E-state index contributed by atoms with van der Waals surface area (Å²) in [5.74, 6) is -2.53. The summed E-state index contributed by atoms with van der Waals surface area (Å²) in [5, 5.41) is 13.0. The summed E-state index contributed by atoms with van der Waals surface area (Å²) in [6.07, 6.45) is 3.35. The Morgan fingerprint density at radius 3 is 2.60 bits per heavy atom. The molecular weight excluding hydrogens is 388 g/mol. The molecule has 3 rings (SSSR count). The zero-order valence-electron chi connectivity index (χ0n) is 18.8. The molecule has 7 atom stereocenters. The molecule has 170 valence electrons. The van der Waals surface area contributed by atoms with Crippen molar-refractivity contribution in [2.45, 2.75) is 96.1 Å². The lowest BCUT2D eigenvalue weighted by Crippen LogP contribution is -2.59. The number of hydrogen-bond donors (Lipinski definition) is 2. The third-order valence-corrected chi connectivity index (χ3v) is 7.19. The van der Waals surface area contributed by atoms with Gasteiger partial charge in [0.1, 0.15) is 17.6 Å². The standard InChI is InChI=1S/C22H36N2O6/c1-6-9-13(4)23-18(26)17-22-11-10-21(5,30-22)16(20(28)29-8-3)15(22)19(27)24(17)14(7-2)12-25/h13-17,25H,6-12H2,1-5H3,(H,23,26)/t13?,14-,15-,16-,17?,21+,22?/m0/s1. The summed E-state index contributed by atoms with van der Waals surface area (Å²) in [5.41, 5.74) is -1.89. The number of ether oxygens (including phenoxy) is 2. The fourth-order valence-electron chi connectivity index (χ4n) is 5.89. The van der Waals surface area contributed by atoms with E-state index in [-0.39, 0.29) is 31.1 Å². The highest BCUT2D eigenvalue weighted by atomic mass is 16.6. The highest BCUT2D eigenvalue weighted by Crippen LogP contribution is 2.63. The van der Waals surface area contributed by atoms with Crippen molar-refractivity contribution in [1.82, 2.24) is 10.2 Å². The van der Waals surface area contributed by atoms with Gasteiger partial charge in [0.2, 0.25) is 11.8 Å². The van der Waals surface area contributed by atoms with Crippen LogP contribution in [0, 0.1) is 11.8 Å². The highest BCUT2D eigenvalue weighted by molar-refractivity contribution is 5.98. The van der Waals surface area contributed by atoms with E-state index in [1.54, 1.807) is 6.92 Å². The first-order valence-electron chi connectivity index (χ1n) is 11.3. The Morgan fingerprint density at radius 1 is 1.33 bits per heavy atom. The Labute approximate surface area is 178 Å². The lowest BCUT2D eigenvalue weighted by Gasteiger charge is -2.37. The second-order valence-corrected chi connectivity index (χ2v) is 9.17. The monoisotopic (exact) mass is 424 g/mol. The average Bonchev–Trinajstić information content (AvgIpc) is 3.25. The van der Waals surface area contributed by atoms with E-state index in [9.17, 15) is 19.5 Å². The molecule has 0 aromatic heterocycles. The summed E-state index contributed by atoms with van der Waals surface area (Å²) >= 11 is 0. The Morgan fingerprint density at radius 2 is 2.03 bits per heavy atom. The van der Waals surface area contributed by atoms with E-state index in [0.717, 1.165) is 12.8 Å². The minimum atomic E-state index is -1.07. The number of aliphatic hydroxyl groups is 1. The second-order valence-electron chi connectivity index (χ2n) is 9.17. The molecule has 3 saturated heterocycles. The number of hydrogen-bond acceptors (Lipinski definition) is 6. The molecule has 2 N–H and O–H groups in total. The fourth-order valence-corrected chi connectivity index (χ4v) is 5.89. The van der Waals surface area contributed by atoms with Gasteiger partial charge in [-0.2, -0.15) is 0 Å². The summed E-state index contributed by atoms with van der Waals surface area (Å²) in [7, 11) is 0. The molecule has 0 aliphatic carbocycles. The van der Waals surface area contributed by atoms with Gasteiger partial charge in [-0.15, -0.1) is 0 Å². The number of fused-ring (bicyclic) bond motifs is 1. The van der Waals surface area contributed by atoms with E-state index in [1.807, 2.05) is 27.7 Å². The van der Waals surface area contributed by atoms with Gasteiger partial charge in [0.05, 0.1) is 30.8 Å². The predicted molar refractivity (Wildman–Crippen MR) is 109 cm³/mol. The van der Waals surface area contributed by atoms with Gasteiger partial charge >= 0.3 is 5.97 Å². The molecule has 0 saturated carbocycles. The minimum absolute atomic E-state index is 0.0425. The van der Waals surface area contributed by atoms with Crippen LogP contribution in [0.3, 0.4) is 0 Å². The van der Waals surface area contributed by atoms with Crippen molar-refractivity contribution < 1.29 is 29.0 Å². The van der Waals surface area contributed by atoms with E-state index >= 15 is 0 Å². The predicted octanol–water partition coefficient (Wildman–Crippen LogP) is 1.39. The van der Waals surface area contributed by atoms with Crippen LogP contribution >= 0.6 is 0 Å². The van der Waals surface area contributed by atoms with E-state index in [4.69, 9.17) is 9.47 Å². The smallest absolute Gasteiger partial charge is 0.312 e. The van der Waals surface area contributed by atoms with Crippen molar-refractivity contribution in [3.05, 3.63) is 0 Å². The number of esters is 1. The topological polar surface area (TPSA) is 105 Å². The molecule has 3 fully saturated rings. The number of nitrogens with zero attached hydrogens (tertiary/aromatic N) is 1. The molecule has 3 aliphatic heterocycles. The normalized spacial score (nSPS) is 36.5. The molecule has 3 unspecified atom stereocenters. The largest absolute Gasteiger partial charge is 0.466 e. The first-order chi connectivity index (χ1) is 14.2. The lowest BCUT2D eigenvalue weighted by atomic mass is 9.66. The zero-order valence-corrected chi connectivity index (χ0v) is 18.8. The van der Waals surface area contributed by atoms with E-state index in [2.05, 4.69) is 5.32 Å². The molecule has 0 aromatic carbocycles. The molecule has 8 heteroatoms. The molecule has 1 spiro atoms. The Kier molecular flexibility index (Phi) is 6.49. The lowest BCUT2D eigenvalue weighted by molar-refractivity contribution is -0.160. The molecule has 2 amide bonds. The summed E-state index contributed by atoms with van der Waals surface area (Å²) in [6.45, 7) is 9.41. The van der Waals surface area contributed by atoms with Crippen molar-refractivity contribution >= 4 is 17.8 Å². The Balaban J connectivity index is 2.04. The number of rotatable bonds is 9. The number of aliphatic hydroxyl groups excluding tert-OH is 1. The SMILES string of the molecule is CCCC(C)NC(=O)C1N([C@@H](CC)CO)C(=O)[C@@H]2[C@@H](C(=O)OCC)[C@@]3(C)CCC12O3. The van der Waals surface area contributed by atoms with E-state index < -0.39 is 41.1 Å². The Hall–Kier alpha value is -1.67. The first kappa shape index (κ1) is 23.0. The van der Waals surface area contributed by atoms with Crippen LogP contribution in [0.25, 0.3) is 0 Å². The van der Waals surface area contributed by atoms with Crippen molar-refractivity contribution in [3.8, 4) is 0 Å². The van der Waals surface area contributed by atoms with Crippen LogP contribution in [0.4, 0.5) is 0 Å². The third-order valence-electron chi connectivity index (χ3n) is 7.19. The van der Waals surface area contributed by atoms with Gasteiger partial charge in [-0.05, 0) is 46.5 Å². The van der Waals surface area contributed by atoms with Crippen molar-refractivity contribution in [3.63, 3.8) is 0 Å². The molecule has 30 heavy (non-hydrogen) atoms. The van der Waals surface area contributed by atoms with E-state index in [1.165, 1.54) is 4.90 Å². The number of nitrogens with one attached hydrogen (secondary N) is 1. The van der Waals surface area contributed by atoms with Crippen LogP contribution in [0.2, 0.25) is 0 Å². The highest BCUT2D eigenvalue weighted by Gasteiger charge is 2.78. The summed E-state index contributed by atoms with van der Waals surface area (Å²) in [6, 6.07) is -1.42. The molecule has 0 aromatic rings. The zero-order chi connectivity index (χ0) is 22.3.